The summed E-state index contributed by atoms with van der Waals surface area (Å²) in [6.45, 7) is 1.93. The fourth-order valence-corrected chi connectivity index (χ4v) is 1.22. The highest BCUT2D eigenvalue weighted by molar-refractivity contribution is 4.95. The van der Waals surface area contributed by atoms with E-state index < -0.39 is 0 Å². The SMILES string of the molecule is c1cnc(O[C@H]2CCNC2)nc1. The number of ether oxygens (including phenoxy) is 1. The summed E-state index contributed by atoms with van der Waals surface area (Å²) >= 11 is 0. The van der Waals surface area contributed by atoms with Gasteiger partial charge in [-0.05, 0) is 19.0 Å². The van der Waals surface area contributed by atoms with E-state index in [2.05, 4.69) is 15.3 Å². The molecule has 1 saturated heterocycles. The molecule has 0 bridgehead atoms. The molecular weight excluding hydrogens is 154 g/mol. The zero-order chi connectivity index (χ0) is 8.23. The summed E-state index contributed by atoms with van der Waals surface area (Å²) in [5.41, 5.74) is 0. The molecule has 0 aliphatic carbocycles. The Kier molecular flexibility index (Phi) is 2.18. The Balaban J connectivity index is 1.94. The quantitative estimate of drug-likeness (QED) is 0.681. The molecule has 1 atom stereocenters. The average Bonchev–Trinajstić information content (AvgIpc) is 2.59. The van der Waals surface area contributed by atoms with Crippen molar-refractivity contribution < 1.29 is 4.74 Å². The Bertz CT molecular complexity index is 233. The van der Waals surface area contributed by atoms with E-state index in [4.69, 9.17) is 4.74 Å². The van der Waals surface area contributed by atoms with Crippen molar-refractivity contribution in [2.75, 3.05) is 13.1 Å². The van der Waals surface area contributed by atoms with Gasteiger partial charge < -0.3 is 10.1 Å². The van der Waals surface area contributed by atoms with Gasteiger partial charge in [0, 0.05) is 18.9 Å². The molecule has 0 aromatic carbocycles. The lowest BCUT2D eigenvalue weighted by molar-refractivity contribution is 0.204. The smallest absolute Gasteiger partial charge is 0.316 e. The van der Waals surface area contributed by atoms with E-state index in [0.29, 0.717) is 6.01 Å². The lowest BCUT2D eigenvalue weighted by Crippen LogP contribution is -2.20. The molecule has 2 rings (SSSR count). The van der Waals surface area contributed by atoms with Gasteiger partial charge in [0.25, 0.3) is 0 Å². The third kappa shape index (κ3) is 1.71. The summed E-state index contributed by atoms with van der Waals surface area (Å²) < 4.78 is 5.49. The van der Waals surface area contributed by atoms with Crippen LogP contribution in [0.25, 0.3) is 0 Å². The first-order chi connectivity index (χ1) is 5.95. The van der Waals surface area contributed by atoms with Gasteiger partial charge >= 0.3 is 6.01 Å². The van der Waals surface area contributed by atoms with Gasteiger partial charge in [-0.1, -0.05) is 0 Å². The van der Waals surface area contributed by atoms with Crippen molar-refractivity contribution in [1.82, 2.24) is 15.3 Å². The van der Waals surface area contributed by atoms with Crippen LogP contribution in [0.5, 0.6) is 6.01 Å². The lowest BCUT2D eigenvalue weighted by Gasteiger charge is -2.08. The summed E-state index contributed by atoms with van der Waals surface area (Å²) in [7, 11) is 0. The van der Waals surface area contributed by atoms with Crippen LogP contribution in [0, 0.1) is 0 Å². The highest BCUT2D eigenvalue weighted by Crippen LogP contribution is 2.07. The summed E-state index contributed by atoms with van der Waals surface area (Å²) in [5, 5.41) is 3.21. The molecule has 1 aliphatic heterocycles. The van der Waals surface area contributed by atoms with Crippen LogP contribution >= 0.6 is 0 Å². The van der Waals surface area contributed by atoms with Gasteiger partial charge in [0.05, 0.1) is 0 Å². The van der Waals surface area contributed by atoms with Crippen molar-refractivity contribution in [3.8, 4) is 6.01 Å². The maximum Gasteiger partial charge on any atom is 0.316 e. The van der Waals surface area contributed by atoms with Crippen molar-refractivity contribution in [3.63, 3.8) is 0 Å². The second-order valence-corrected chi connectivity index (χ2v) is 2.76. The molecule has 0 spiro atoms. The molecule has 1 aromatic heterocycles. The van der Waals surface area contributed by atoms with Gasteiger partial charge in [0.1, 0.15) is 6.10 Å². The Morgan fingerprint density at radius 3 is 2.92 bits per heavy atom. The highest BCUT2D eigenvalue weighted by atomic mass is 16.5. The average molecular weight is 165 g/mol. The fourth-order valence-electron chi connectivity index (χ4n) is 1.22. The summed E-state index contributed by atoms with van der Waals surface area (Å²) in [4.78, 5) is 7.96. The molecule has 4 nitrogen and oxygen atoms in total. The number of hydrogen-bond donors (Lipinski definition) is 1. The number of hydrogen-bond acceptors (Lipinski definition) is 4. The lowest BCUT2D eigenvalue weighted by atomic mass is 10.3. The van der Waals surface area contributed by atoms with Crippen LogP contribution in [0.4, 0.5) is 0 Å². The van der Waals surface area contributed by atoms with Gasteiger partial charge in [0.15, 0.2) is 0 Å². The number of rotatable bonds is 2. The van der Waals surface area contributed by atoms with E-state index in [0.717, 1.165) is 19.5 Å². The Labute approximate surface area is 71.0 Å². The second-order valence-electron chi connectivity index (χ2n) is 2.76. The maximum absolute atomic E-state index is 5.49. The minimum Gasteiger partial charge on any atom is -0.459 e. The van der Waals surface area contributed by atoms with Crippen molar-refractivity contribution in [3.05, 3.63) is 18.5 Å². The maximum atomic E-state index is 5.49. The first kappa shape index (κ1) is 7.49. The highest BCUT2D eigenvalue weighted by Gasteiger charge is 2.16. The van der Waals surface area contributed by atoms with E-state index in [-0.39, 0.29) is 6.10 Å². The van der Waals surface area contributed by atoms with Gasteiger partial charge in [-0.2, -0.15) is 0 Å². The van der Waals surface area contributed by atoms with Crippen LogP contribution in [0.15, 0.2) is 18.5 Å². The predicted octanol–water partition coefficient (Wildman–Crippen LogP) is 0.217. The molecule has 2 heterocycles. The normalized spacial score (nSPS) is 22.5. The molecule has 64 valence electrons. The van der Waals surface area contributed by atoms with E-state index in [1.54, 1.807) is 18.5 Å². The van der Waals surface area contributed by atoms with Gasteiger partial charge in [0.2, 0.25) is 0 Å². The van der Waals surface area contributed by atoms with Crippen LogP contribution in [0.3, 0.4) is 0 Å². The van der Waals surface area contributed by atoms with E-state index in [1.165, 1.54) is 0 Å². The first-order valence-corrected chi connectivity index (χ1v) is 4.09. The topological polar surface area (TPSA) is 47.0 Å². The van der Waals surface area contributed by atoms with Crippen molar-refractivity contribution in [2.45, 2.75) is 12.5 Å². The summed E-state index contributed by atoms with van der Waals surface area (Å²) in [6.07, 6.45) is 4.65. The van der Waals surface area contributed by atoms with E-state index >= 15 is 0 Å². The molecule has 1 fully saturated rings. The van der Waals surface area contributed by atoms with Gasteiger partial charge in [-0.25, -0.2) is 9.97 Å². The summed E-state index contributed by atoms with van der Waals surface area (Å²) in [5.74, 6) is 0. The molecule has 1 aromatic rings. The van der Waals surface area contributed by atoms with Crippen molar-refractivity contribution in [2.24, 2.45) is 0 Å². The van der Waals surface area contributed by atoms with E-state index in [9.17, 15) is 0 Å². The molecule has 0 radical (unpaired) electrons. The molecule has 0 amide bonds. The molecule has 0 unspecified atom stereocenters. The molecule has 4 heteroatoms. The van der Waals surface area contributed by atoms with Gasteiger partial charge in [-0.15, -0.1) is 0 Å². The van der Waals surface area contributed by atoms with E-state index in [1.807, 2.05) is 0 Å². The zero-order valence-corrected chi connectivity index (χ0v) is 6.73. The van der Waals surface area contributed by atoms with Crippen LogP contribution in [0.1, 0.15) is 6.42 Å². The number of nitrogens with one attached hydrogen (secondary N) is 1. The van der Waals surface area contributed by atoms with Crippen LogP contribution in [-0.4, -0.2) is 29.2 Å². The largest absolute Gasteiger partial charge is 0.459 e. The molecule has 1 N–H and O–H groups in total. The third-order valence-electron chi connectivity index (χ3n) is 1.83. The minimum atomic E-state index is 0.243. The number of nitrogens with zero attached hydrogens (tertiary/aromatic N) is 2. The standard InChI is InChI=1S/C8H11N3O/c1-3-10-8(11-4-1)12-7-2-5-9-6-7/h1,3-4,7,9H,2,5-6H2/t7-/m0/s1. The number of aromatic nitrogens is 2. The second kappa shape index (κ2) is 3.49. The Hall–Kier alpha value is -1.16. The van der Waals surface area contributed by atoms with Gasteiger partial charge in [-0.3, -0.25) is 0 Å². The zero-order valence-electron chi connectivity index (χ0n) is 6.73. The molecular formula is C8H11N3O. The van der Waals surface area contributed by atoms with Crippen molar-refractivity contribution >= 4 is 0 Å². The van der Waals surface area contributed by atoms with Crippen LogP contribution in [0.2, 0.25) is 0 Å². The molecule has 12 heavy (non-hydrogen) atoms. The van der Waals surface area contributed by atoms with Crippen LogP contribution in [-0.2, 0) is 0 Å². The van der Waals surface area contributed by atoms with Crippen molar-refractivity contribution in [1.29, 1.82) is 0 Å². The third-order valence-corrected chi connectivity index (χ3v) is 1.83. The minimum absolute atomic E-state index is 0.243. The monoisotopic (exact) mass is 165 g/mol. The molecule has 1 aliphatic rings. The van der Waals surface area contributed by atoms with Crippen LogP contribution < -0.4 is 10.1 Å². The Morgan fingerprint density at radius 1 is 1.42 bits per heavy atom. The molecule has 0 saturated carbocycles. The fraction of sp³-hybridized carbons (Fsp3) is 0.500. The Morgan fingerprint density at radius 2 is 2.25 bits per heavy atom. The summed E-state index contributed by atoms with van der Waals surface area (Å²) in [6, 6.07) is 2.26. The first-order valence-electron chi connectivity index (χ1n) is 4.09. The predicted molar refractivity (Wildman–Crippen MR) is 43.9 cm³/mol.